The summed E-state index contributed by atoms with van der Waals surface area (Å²) in [5, 5.41) is 23.3. The van der Waals surface area contributed by atoms with Crippen molar-refractivity contribution in [1.29, 1.82) is 0 Å². The standard InChI is InChI=1S/C14H14N6O8S2/c1-27-4-3-29-12-7(11(24)20(12)8(4)13(25)26)16-10(23)6(18-28-2-5(21)22)9-17-14(15)30-19-9/h7,12H,2-3H2,1H3,(H,16,23)(H,21,22)(H,25,26)(H2,15,17,19)/b18-6+. The van der Waals surface area contributed by atoms with E-state index in [2.05, 4.69) is 24.7 Å². The van der Waals surface area contributed by atoms with Crippen LogP contribution in [0.15, 0.2) is 16.6 Å². The second kappa shape index (κ2) is 8.54. The van der Waals surface area contributed by atoms with Gasteiger partial charge in [0.15, 0.2) is 10.8 Å². The van der Waals surface area contributed by atoms with Gasteiger partial charge in [-0.1, -0.05) is 5.16 Å². The molecule has 2 aliphatic heterocycles. The van der Waals surface area contributed by atoms with Gasteiger partial charge in [-0.15, -0.1) is 11.8 Å². The van der Waals surface area contributed by atoms with Crippen molar-refractivity contribution in [2.45, 2.75) is 11.4 Å². The summed E-state index contributed by atoms with van der Waals surface area (Å²) in [6, 6.07) is -1.06. The summed E-state index contributed by atoms with van der Waals surface area (Å²) in [6.45, 7) is -0.822. The molecule has 0 aliphatic carbocycles. The van der Waals surface area contributed by atoms with Crippen LogP contribution >= 0.6 is 23.3 Å². The zero-order valence-corrected chi connectivity index (χ0v) is 16.7. The zero-order valence-electron chi connectivity index (χ0n) is 15.1. The Hall–Kier alpha value is -3.40. The third kappa shape index (κ3) is 3.99. The number of fused-ring (bicyclic) bond motifs is 1. The average Bonchev–Trinajstić information content (AvgIpc) is 3.13. The van der Waals surface area contributed by atoms with Gasteiger partial charge in [-0.3, -0.25) is 14.5 Å². The van der Waals surface area contributed by atoms with Gasteiger partial charge in [0.25, 0.3) is 11.8 Å². The number of carboxylic acid groups (broad SMARTS) is 2. The normalized spacial score (nSPS) is 20.9. The van der Waals surface area contributed by atoms with Crippen LogP contribution in [0.25, 0.3) is 0 Å². The van der Waals surface area contributed by atoms with Crippen LogP contribution in [0.3, 0.4) is 0 Å². The third-order valence-corrected chi connectivity index (χ3v) is 5.68. The number of ether oxygens (including phenoxy) is 1. The molecule has 14 nitrogen and oxygen atoms in total. The lowest BCUT2D eigenvalue weighted by Gasteiger charge is -2.48. The molecule has 2 amide bonds. The van der Waals surface area contributed by atoms with Gasteiger partial charge in [0.05, 0.1) is 12.9 Å². The number of carbonyl (C=O) groups excluding carboxylic acids is 2. The van der Waals surface area contributed by atoms with Crippen molar-refractivity contribution >= 4 is 57.9 Å². The van der Waals surface area contributed by atoms with Crippen LogP contribution in [0, 0.1) is 0 Å². The summed E-state index contributed by atoms with van der Waals surface area (Å²) in [5.74, 6) is -4.14. The summed E-state index contributed by atoms with van der Waals surface area (Å²) in [7, 11) is 1.30. The fourth-order valence-electron chi connectivity index (χ4n) is 2.62. The van der Waals surface area contributed by atoms with Gasteiger partial charge in [0, 0.05) is 11.5 Å². The Morgan fingerprint density at radius 2 is 2.13 bits per heavy atom. The predicted molar refractivity (Wildman–Crippen MR) is 101 cm³/mol. The number of carboxylic acids is 2. The summed E-state index contributed by atoms with van der Waals surface area (Å²) in [4.78, 5) is 56.7. The summed E-state index contributed by atoms with van der Waals surface area (Å²) in [6.07, 6.45) is 0. The molecule has 160 valence electrons. The van der Waals surface area contributed by atoms with Crippen molar-refractivity contribution in [2.24, 2.45) is 5.16 Å². The number of hydrogen-bond donors (Lipinski definition) is 4. The van der Waals surface area contributed by atoms with E-state index in [1.807, 2.05) is 0 Å². The van der Waals surface area contributed by atoms with Gasteiger partial charge in [-0.2, -0.15) is 9.36 Å². The lowest BCUT2D eigenvalue weighted by molar-refractivity contribution is -0.150. The van der Waals surface area contributed by atoms with E-state index in [4.69, 9.17) is 15.6 Å². The van der Waals surface area contributed by atoms with Crippen molar-refractivity contribution in [3.8, 4) is 0 Å². The number of nitrogens with one attached hydrogen (secondary N) is 1. The number of methoxy groups -OCH3 is 1. The topological polar surface area (TPSA) is 207 Å². The van der Waals surface area contributed by atoms with Gasteiger partial charge in [0.2, 0.25) is 18.1 Å². The summed E-state index contributed by atoms with van der Waals surface area (Å²) >= 11 is 1.97. The molecule has 16 heteroatoms. The number of amides is 2. The average molecular weight is 458 g/mol. The highest BCUT2D eigenvalue weighted by Crippen LogP contribution is 2.40. The Balaban J connectivity index is 1.79. The first-order valence-corrected chi connectivity index (χ1v) is 9.84. The number of nitrogen functional groups attached to an aromatic ring is 1. The Morgan fingerprint density at radius 3 is 2.70 bits per heavy atom. The molecule has 1 fully saturated rings. The molecule has 2 aliphatic rings. The smallest absolute Gasteiger partial charge is 0.356 e. The van der Waals surface area contributed by atoms with E-state index >= 15 is 0 Å². The molecule has 0 aromatic carbocycles. The van der Waals surface area contributed by atoms with Crippen molar-refractivity contribution in [3.63, 3.8) is 0 Å². The number of β-lactam (4-membered cyclic amide) rings is 1. The van der Waals surface area contributed by atoms with Crippen LogP contribution < -0.4 is 11.1 Å². The molecule has 0 saturated carbocycles. The number of hydrogen-bond acceptors (Lipinski definition) is 12. The Labute approximate surface area is 175 Å². The number of nitrogens with zero attached hydrogens (tertiary/aromatic N) is 4. The number of oxime groups is 1. The molecule has 1 aromatic heterocycles. The zero-order chi connectivity index (χ0) is 22.0. The maximum Gasteiger partial charge on any atom is 0.356 e. The summed E-state index contributed by atoms with van der Waals surface area (Å²) < 4.78 is 8.86. The van der Waals surface area contributed by atoms with Gasteiger partial charge in [0.1, 0.15) is 17.2 Å². The van der Waals surface area contributed by atoms with Crippen LogP contribution in [-0.2, 0) is 28.8 Å². The van der Waals surface area contributed by atoms with Crippen LogP contribution in [-0.4, -0.2) is 84.8 Å². The van der Waals surface area contributed by atoms with E-state index in [1.165, 1.54) is 18.9 Å². The number of rotatable bonds is 8. The van der Waals surface area contributed by atoms with E-state index in [-0.39, 0.29) is 28.2 Å². The number of aliphatic carboxylic acids is 2. The maximum atomic E-state index is 12.7. The Kier molecular flexibility index (Phi) is 6.06. The van der Waals surface area contributed by atoms with Crippen LogP contribution in [0.1, 0.15) is 5.82 Å². The second-order valence-corrected chi connectivity index (χ2v) is 7.59. The van der Waals surface area contributed by atoms with Crippen LogP contribution in [0.4, 0.5) is 5.13 Å². The first kappa shape index (κ1) is 21.3. The first-order valence-electron chi connectivity index (χ1n) is 8.01. The molecule has 30 heavy (non-hydrogen) atoms. The van der Waals surface area contributed by atoms with Gasteiger partial charge in [-0.25, -0.2) is 9.59 Å². The molecule has 1 aromatic rings. The predicted octanol–water partition coefficient (Wildman–Crippen LogP) is -1.73. The lowest BCUT2D eigenvalue weighted by Crippen LogP contribution is -2.71. The molecular weight excluding hydrogens is 444 g/mol. The number of anilines is 1. The monoisotopic (exact) mass is 458 g/mol. The Morgan fingerprint density at radius 1 is 1.40 bits per heavy atom. The first-order chi connectivity index (χ1) is 14.2. The Bertz CT molecular complexity index is 975. The number of aromatic nitrogens is 2. The fraction of sp³-hybridized carbons (Fsp3) is 0.357. The van der Waals surface area contributed by atoms with Crippen molar-refractivity contribution in [2.75, 3.05) is 25.2 Å². The highest BCUT2D eigenvalue weighted by atomic mass is 32.2. The van der Waals surface area contributed by atoms with E-state index in [0.717, 1.165) is 16.4 Å². The van der Waals surface area contributed by atoms with E-state index in [0.29, 0.717) is 0 Å². The van der Waals surface area contributed by atoms with Gasteiger partial charge >= 0.3 is 11.9 Å². The van der Waals surface area contributed by atoms with Crippen molar-refractivity contribution in [1.82, 2.24) is 19.6 Å². The fourth-order valence-corrected chi connectivity index (χ4v) is 4.37. The summed E-state index contributed by atoms with van der Waals surface area (Å²) in [5.41, 5.74) is 4.73. The van der Waals surface area contributed by atoms with E-state index < -0.39 is 47.5 Å². The molecule has 2 unspecified atom stereocenters. The molecule has 0 radical (unpaired) electrons. The SMILES string of the molecule is COC1=C(C(=O)O)N2C(=O)C(NC(=O)/C(=N/OCC(=O)O)c3nsc(N)n3)C2SC1. The molecule has 1 saturated heterocycles. The molecule has 0 spiro atoms. The van der Waals surface area contributed by atoms with E-state index in [1.54, 1.807) is 0 Å². The quantitative estimate of drug-likeness (QED) is 0.195. The van der Waals surface area contributed by atoms with E-state index in [9.17, 15) is 24.3 Å². The van der Waals surface area contributed by atoms with Crippen LogP contribution in [0.5, 0.6) is 0 Å². The van der Waals surface area contributed by atoms with Crippen LogP contribution in [0.2, 0.25) is 0 Å². The highest BCUT2D eigenvalue weighted by molar-refractivity contribution is 8.00. The maximum absolute atomic E-state index is 12.7. The number of nitrogens with two attached hydrogens (primary N) is 1. The van der Waals surface area contributed by atoms with Gasteiger partial charge in [-0.05, 0) is 0 Å². The van der Waals surface area contributed by atoms with Crippen molar-refractivity contribution in [3.05, 3.63) is 17.3 Å². The lowest BCUT2D eigenvalue weighted by atomic mass is 10.0. The minimum Gasteiger partial charge on any atom is -0.498 e. The molecule has 3 rings (SSSR count). The van der Waals surface area contributed by atoms with Crippen molar-refractivity contribution < 1.29 is 39.0 Å². The number of carbonyl (C=O) groups is 4. The molecular formula is C14H14N6O8S2. The molecule has 3 heterocycles. The highest BCUT2D eigenvalue weighted by Gasteiger charge is 2.55. The molecule has 5 N–H and O–H groups in total. The largest absolute Gasteiger partial charge is 0.498 e. The second-order valence-electron chi connectivity index (χ2n) is 5.71. The third-order valence-electron chi connectivity index (χ3n) is 3.88. The minimum atomic E-state index is -1.33. The molecule has 2 atom stereocenters. The minimum absolute atomic E-state index is 0.0285. The molecule has 0 bridgehead atoms. The van der Waals surface area contributed by atoms with Gasteiger partial charge < -0.3 is 30.8 Å². The number of thioether (sulfide) groups is 1.